The molecule has 1 N–H and O–H groups in total. The molecule has 3 aliphatic rings. The molecule has 1 atom stereocenters. The summed E-state index contributed by atoms with van der Waals surface area (Å²) >= 11 is 0. The van der Waals surface area contributed by atoms with Crippen molar-refractivity contribution >= 4 is 11.8 Å². The van der Waals surface area contributed by atoms with Gasteiger partial charge >= 0.3 is 0 Å². The number of likely N-dealkylation sites (tertiary alicyclic amines) is 2. The van der Waals surface area contributed by atoms with Gasteiger partial charge in [-0.1, -0.05) is 49.9 Å². The zero-order chi connectivity index (χ0) is 20.1. The molecule has 0 spiro atoms. The molecule has 0 bridgehead atoms. The van der Waals surface area contributed by atoms with Crippen LogP contribution < -0.4 is 5.32 Å². The molecule has 1 unspecified atom stereocenters. The first kappa shape index (κ1) is 20.4. The Kier molecular flexibility index (Phi) is 6.86. The molecule has 4 rings (SSSR count). The predicted octanol–water partition coefficient (Wildman–Crippen LogP) is 3.47. The fourth-order valence-electron chi connectivity index (χ4n) is 5.12. The van der Waals surface area contributed by atoms with Gasteiger partial charge < -0.3 is 10.2 Å². The molecule has 5 nitrogen and oxygen atoms in total. The summed E-state index contributed by atoms with van der Waals surface area (Å²) in [6.07, 6.45) is 10.3. The fraction of sp³-hybridized carbons (Fsp3) is 0.667. The van der Waals surface area contributed by atoms with Crippen molar-refractivity contribution in [3.05, 3.63) is 35.4 Å². The summed E-state index contributed by atoms with van der Waals surface area (Å²) in [5.41, 5.74) is 2.46. The number of hydrogen-bond acceptors (Lipinski definition) is 3. The third-order valence-corrected chi connectivity index (χ3v) is 6.89. The highest BCUT2D eigenvalue weighted by atomic mass is 16.2. The molecule has 1 saturated carbocycles. The second-order valence-corrected chi connectivity index (χ2v) is 9.11. The minimum absolute atomic E-state index is 0.0208. The van der Waals surface area contributed by atoms with Gasteiger partial charge in [0.25, 0.3) is 0 Å². The first-order chi connectivity index (χ1) is 14.2. The maximum atomic E-state index is 12.6. The van der Waals surface area contributed by atoms with E-state index in [1.54, 1.807) is 0 Å². The Morgan fingerprint density at radius 3 is 2.28 bits per heavy atom. The minimum Gasteiger partial charge on any atom is -0.352 e. The van der Waals surface area contributed by atoms with Gasteiger partial charge in [0.05, 0.1) is 5.92 Å². The van der Waals surface area contributed by atoms with Crippen molar-refractivity contribution in [2.75, 3.05) is 19.6 Å². The Hall–Kier alpha value is -1.88. The maximum Gasteiger partial charge on any atom is 0.225 e. The van der Waals surface area contributed by atoms with Crippen molar-refractivity contribution in [2.24, 2.45) is 5.92 Å². The molecular formula is C24H35N3O2. The molecule has 0 aromatic heterocycles. The highest BCUT2D eigenvalue weighted by Gasteiger charge is 2.38. The lowest BCUT2D eigenvalue weighted by Gasteiger charge is -2.23. The van der Waals surface area contributed by atoms with Gasteiger partial charge in [-0.15, -0.1) is 0 Å². The number of benzene rings is 1. The number of carbonyl (C=O) groups excluding carboxylic acids is 2. The third kappa shape index (κ3) is 5.39. The molecule has 158 valence electrons. The topological polar surface area (TPSA) is 52.7 Å². The molecule has 1 aliphatic carbocycles. The van der Waals surface area contributed by atoms with Crippen LogP contribution in [-0.4, -0.2) is 47.3 Å². The second-order valence-electron chi connectivity index (χ2n) is 9.11. The fourth-order valence-corrected chi connectivity index (χ4v) is 5.12. The molecule has 2 saturated heterocycles. The van der Waals surface area contributed by atoms with Crippen LogP contribution in [0, 0.1) is 5.92 Å². The summed E-state index contributed by atoms with van der Waals surface area (Å²) in [7, 11) is 0. The van der Waals surface area contributed by atoms with Gasteiger partial charge in [-0.25, -0.2) is 0 Å². The van der Waals surface area contributed by atoms with Gasteiger partial charge in [0.1, 0.15) is 0 Å². The third-order valence-electron chi connectivity index (χ3n) is 6.89. The van der Waals surface area contributed by atoms with Crippen LogP contribution in [0.1, 0.15) is 68.9 Å². The van der Waals surface area contributed by atoms with E-state index in [9.17, 15) is 9.59 Å². The van der Waals surface area contributed by atoms with E-state index >= 15 is 0 Å². The van der Waals surface area contributed by atoms with Crippen molar-refractivity contribution < 1.29 is 9.59 Å². The molecule has 3 fully saturated rings. The Bertz CT molecular complexity index is 689. The van der Waals surface area contributed by atoms with E-state index < -0.39 is 0 Å². The normalized spacial score (nSPS) is 24.1. The highest BCUT2D eigenvalue weighted by Crippen LogP contribution is 2.29. The molecule has 29 heavy (non-hydrogen) atoms. The molecule has 1 aromatic rings. The molecule has 1 aromatic carbocycles. The van der Waals surface area contributed by atoms with Gasteiger partial charge in [-0.2, -0.15) is 0 Å². The van der Waals surface area contributed by atoms with Crippen molar-refractivity contribution in [2.45, 2.75) is 76.9 Å². The summed E-state index contributed by atoms with van der Waals surface area (Å²) in [5.74, 6) is -0.00665. The number of hydrogen-bond donors (Lipinski definition) is 1. The molecular weight excluding hydrogens is 362 g/mol. The Morgan fingerprint density at radius 1 is 0.931 bits per heavy atom. The predicted molar refractivity (Wildman–Crippen MR) is 114 cm³/mol. The Balaban J connectivity index is 1.23. The van der Waals surface area contributed by atoms with Crippen LogP contribution in [0.15, 0.2) is 24.3 Å². The first-order valence-corrected chi connectivity index (χ1v) is 11.6. The largest absolute Gasteiger partial charge is 0.352 e. The minimum atomic E-state index is -0.189. The van der Waals surface area contributed by atoms with E-state index in [4.69, 9.17) is 0 Å². The quantitative estimate of drug-likeness (QED) is 0.800. The number of nitrogens with one attached hydrogen (secondary N) is 1. The number of rotatable bonds is 6. The lowest BCUT2D eigenvalue weighted by Crippen LogP contribution is -2.36. The lowest BCUT2D eigenvalue weighted by atomic mass is 10.1. The smallest absolute Gasteiger partial charge is 0.225 e. The summed E-state index contributed by atoms with van der Waals surface area (Å²) in [6.45, 7) is 4.57. The van der Waals surface area contributed by atoms with E-state index in [1.165, 1.54) is 57.2 Å². The van der Waals surface area contributed by atoms with Gasteiger partial charge in [0, 0.05) is 32.1 Å². The molecule has 2 aliphatic heterocycles. The van der Waals surface area contributed by atoms with Crippen LogP contribution in [0.2, 0.25) is 0 Å². The van der Waals surface area contributed by atoms with Gasteiger partial charge in [0.2, 0.25) is 11.8 Å². The SMILES string of the molecule is O=C(NCc1ccc(CN2CCCCCC2)cc1)C1CC(=O)N(C2CCCC2)C1. The van der Waals surface area contributed by atoms with Crippen LogP contribution in [0.25, 0.3) is 0 Å². The lowest BCUT2D eigenvalue weighted by molar-refractivity contribution is -0.130. The van der Waals surface area contributed by atoms with Crippen LogP contribution in [0.5, 0.6) is 0 Å². The van der Waals surface area contributed by atoms with Crippen LogP contribution in [-0.2, 0) is 22.7 Å². The van der Waals surface area contributed by atoms with E-state index in [0.717, 1.165) is 24.9 Å². The van der Waals surface area contributed by atoms with Crippen molar-refractivity contribution in [3.63, 3.8) is 0 Å². The Labute approximate surface area is 174 Å². The van der Waals surface area contributed by atoms with E-state index in [-0.39, 0.29) is 17.7 Å². The van der Waals surface area contributed by atoms with Crippen molar-refractivity contribution in [1.82, 2.24) is 15.1 Å². The zero-order valence-corrected chi connectivity index (χ0v) is 17.6. The monoisotopic (exact) mass is 397 g/mol. The standard InChI is InChI=1S/C24H35N3O2/c28-23-15-21(18-27(23)22-7-3-4-8-22)24(29)25-16-19-9-11-20(12-10-19)17-26-13-5-1-2-6-14-26/h9-12,21-22H,1-8,13-18H2,(H,25,29). The van der Waals surface area contributed by atoms with E-state index in [2.05, 4.69) is 34.5 Å². The Morgan fingerprint density at radius 2 is 1.59 bits per heavy atom. The summed E-state index contributed by atoms with van der Waals surface area (Å²) in [6, 6.07) is 8.99. The average molecular weight is 398 g/mol. The highest BCUT2D eigenvalue weighted by molar-refractivity contribution is 5.89. The van der Waals surface area contributed by atoms with Gasteiger partial charge in [0.15, 0.2) is 0 Å². The van der Waals surface area contributed by atoms with Crippen molar-refractivity contribution in [3.8, 4) is 0 Å². The van der Waals surface area contributed by atoms with Crippen LogP contribution in [0.3, 0.4) is 0 Å². The number of nitrogens with zero attached hydrogens (tertiary/aromatic N) is 2. The molecule has 0 radical (unpaired) electrons. The molecule has 2 heterocycles. The summed E-state index contributed by atoms with van der Waals surface area (Å²) in [4.78, 5) is 29.4. The molecule has 5 heteroatoms. The first-order valence-electron chi connectivity index (χ1n) is 11.6. The van der Waals surface area contributed by atoms with Crippen LogP contribution >= 0.6 is 0 Å². The van der Waals surface area contributed by atoms with Gasteiger partial charge in [-0.3, -0.25) is 14.5 Å². The van der Waals surface area contributed by atoms with E-state index in [0.29, 0.717) is 25.6 Å². The summed E-state index contributed by atoms with van der Waals surface area (Å²) < 4.78 is 0. The van der Waals surface area contributed by atoms with Gasteiger partial charge in [-0.05, 0) is 49.9 Å². The van der Waals surface area contributed by atoms with Crippen molar-refractivity contribution in [1.29, 1.82) is 0 Å². The number of amides is 2. The maximum absolute atomic E-state index is 12.6. The summed E-state index contributed by atoms with van der Waals surface area (Å²) in [5, 5.41) is 3.05. The van der Waals surface area contributed by atoms with E-state index in [1.807, 2.05) is 4.90 Å². The average Bonchev–Trinajstić information content (AvgIpc) is 3.32. The zero-order valence-electron chi connectivity index (χ0n) is 17.6. The second kappa shape index (κ2) is 9.75. The van der Waals surface area contributed by atoms with Crippen LogP contribution in [0.4, 0.5) is 0 Å². The molecule has 2 amide bonds. The number of carbonyl (C=O) groups is 2.